The van der Waals surface area contributed by atoms with Crippen molar-refractivity contribution in [2.45, 2.75) is 39.2 Å². The van der Waals surface area contributed by atoms with Crippen LogP contribution in [0.25, 0.3) is 11.5 Å². The fourth-order valence-electron chi connectivity index (χ4n) is 2.74. The first kappa shape index (κ1) is 24.4. The molecular formula is C18H26Cl2FN3O2. The number of hydrogen-bond acceptors (Lipinski definition) is 4. The predicted octanol–water partition coefficient (Wildman–Crippen LogP) is 3.75. The summed E-state index contributed by atoms with van der Waals surface area (Å²) in [5.74, 6) is 0.316. The van der Waals surface area contributed by atoms with Gasteiger partial charge in [-0.25, -0.2) is 9.37 Å². The summed E-state index contributed by atoms with van der Waals surface area (Å²) >= 11 is 0. The lowest BCUT2D eigenvalue weighted by Crippen LogP contribution is -2.52. The molecule has 5 nitrogen and oxygen atoms in total. The van der Waals surface area contributed by atoms with Crippen molar-refractivity contribution in [3.05, 3.63) is 42.0 Å². The van der Waals surface area contributed by atoms with Crippen LogP contribution in [0, 0.1) is 11.7 Å². The summed E-state index contributed by atoms with van der Waals surface area (Å²) in [5.41, 5.74) is 6.56. The fraction of sp³-hybridized carbons (Fsp3) is 0.444. The Kier molecular flexibility index (Phi) is 9.84. The van der Waals surface area contributed by atoms with Gasteiger partial charge in [-0.2, -0.15) is 0 Å². The molecule has 3 N–H and O–H groups in total. The molecule has 1 aromatic carbocycles. The minimum Gasteiger partial charge on any atom is -0.444 e. The number of nitrogens with zero attached hydrogens (tertiary/aromatic N) is 1. The van der Waals surface area contributed by atoms with Crippen molar-refractivity contribution in [3.63, 3.8) is 0 Å². The number of aromatic nitrogens is 1. The average Bonchev–Trinajstić information content (AvgIpc) is 2.95. The van der Waals surface area contributed by atoms with E-state index >= 15 is 0 Å². The highest BCUT2D eigenvalue weighted by atomic mass is 35.5. The maximum atomic E-state index is 12.9. The lowest BCUT2D eigenvalue weighted by molar-refractivity contribution is -0.122. The molecular weight excluding hydrogens is 380 g/mol. The van der Waals surface area contributed by atoms with Gasteiger partial charge in [0.25, 0.3) is 0 Å². The Morgan fingerprint density at radius 1 is 1.31 bits per heavy atom. The number of halogens is 3. The topological polar surface area (TPSA) is 81.1 Å². The molecule has 0 saturated heterocycles. The highest BCUT2D eigenvalue weighted by Crippen LogP contribution is 2.20. The van der Waals surface area contributed by atoms with Gasteiger partial charge < -0.3 is 15.5 Å². The molecule has 146 valence electrons. The van der Waals surface area contributed by atoms with Gasteiger partial charge in [0.1, 0.15) is 12.1 Å². The zero-order valence-corrected chi connectivity index (χ0v) is 16.8. The Bertz CT molecular complexity index is 692. The Morgan fingerprint density at radius 2 is 1.92 bits per heavy atom. The Morgan fingerprint density at radius 3 is 2.46 bits per heavy atom. The largest absolute Gasteiger partial charge is 0.444 e. The fourth-order valence-corrected chi connectivity index (χ4v) is 2.74. The highest BCUT2D eigenvalue weighted by molar-refractivity contribution is 5.85. The molecule has 0 aliphatic rings. The molecule has 0 saturated carbocycles. The Hall–Kier alpha value is -1.63. The van der Waals surface area contributed by atoms with Crippen molar-refractivity contribution < 1.29 is 13.6 Å². The molecule has 0 bridgehead atoms. The summed E-state index contributed by atoms with van der Waals surface area (Å²) in [6.45, 7) is 6.49. The number of hydrogen-bond donors (Lipinski definition) is 2. The van der Waals surface area contributed by atoms with Crippen molar-refractivity contribution in [3.8, 4) is 11.5 Å². The third-order valence-corrected chi connectivity index (χ3v) is 3.74. The van der Waals surface area contributed by atoms with E-state index < -0.39 is 5.54 Å². The molecule has 1 amide bonds. The monoisotopic (exact) mass is 405 g/mol. The lowest BCUT2D eigenvalue weighted by Gasteiger charge is -2.31. The van der Waals surface area contributed by atoms with Gasteiger partial charge in [0.15, 0.2) is 0 Å². The Balaban J connectivity index is 0.00000312. The van der Waals surface area contributed by atoms with Gasteiger partial charge in [-0.05, 0) is 43.5 Å². The van der Waals surface area contributed by atoms with Crippen LogP contribution in [0.1, 0.15) is 32.9 Å². The van der Waals surface area contributed by atoms with Gasteiger partial charge in [0.2, 0.25) is 11.8 Å². The standard InChI is InChI=1S/C18H24FN3O2.2ClH/c1-12(2)9-18(3,11-20)22-16(23)8-15-10-24-17(21-15)13-4-6-14(19)7-5-13;;/h4-7,10,12H,8-9,11,20H2,1-3H3,(H,22,23);2*1H. The van der Waals surface area contributed by atoms with E-state index in [0.29, 0.717) is 29.6 Å². The molecule has 0 radical (unpaired) electrons. The highest BCUT2D eigenvalue weighted by Gasteiger charge is 2.26. The number of amides is 1. The van der Waals surface area contributed by atoms with Crippen LogP contribution in [0.4, 0.5) is 4.39 Å². The quantitative estimate of drug-likeness (QED) is 0.734. The molecule has 8 heteroatoms. The zero-order valence-electron chi connectivity index (χ0n) is 15.1. The molecule has 0 spiro atoms. The number of carbonyl (C=O) groups is 1. The maximum absolute atomic E-state index is 12.9. The average molecular weight is 406 g/mol. The second-order valence-electron chi connectivity index (χ2n) is 6.74. The summed E-state index contributed by atoms with van der Waals surface area (Å²) in [7, 11) is 0. The van der Waals surface area contributed by atoms with E-state index in [0.717, 1.165) is 6.42 Å². The number of nitrogens with one attached hydrogen (secondary N) is 1. The molecule has 1 aromatic heterocycles. The summed E-state index contributed by atoms with van der Waals surface area (Å²) in [6, 6.07) is 5.84. The number of carbonyl (C=O) groups excluding carboxylic acids is 1. The van der Waals surface area contributed by atoms with Gasteiger partial charge in [0.05, 0.1) is 12.1 Å². The SMILES string of the molecule is CC(C)CC(C)(CN)NC(=O)Cc1coc(-c2ccc(F)cc2)n1.Cl.Cl. The summed E-state index contributed by atoms with van der Waals surface area (Å²) < 4.78 is 18.3. The molecule has 26 heavy (non-hydrogen) atoms. The van der Waals surface area contributed by atoms with E-state index in [1.807, 2.05) is 6.92 Å². The van der Waals surface area contributed by atoms with E-state index in [1.54, 1.807) is 12.1 Å². The van der Waals surface area contributed by atoms with Gasteiger partial charge >= 0.3 is 0 Å². The third kappa shape index (κ3) is 6.94. The first-order valence-corrected chi connectivity index (χ1v) is 8.03. The Labute approximate surface area is 165 Å². The van der Waals surface area contributed by atoms with Crippen LogP contribution < -0.4 is 11.1 Å². The summed E-state index contributed by atoms with van der Waals surface area (Å²) in [5, 5.41) is 2.98. The van der Waals surface area contributed by atoms with E-state index in [1.165, 1.54) is 18.4 Å². The van der Waals surface area contributed by atoms with Crippen molar-refractivity contribution >= 4 is 30.7 Å². The van der Waals surface area contributed by atoms with Crippen molar-refractivity contribution in [2.24, 2.45) is 11.7 Å². The lowest BCUT2D eigenvalue weighted by atomic mass is 9.90. The van der Waals surface area contributed by atoms with Gasteiger partial charge in [-0.15, -0.1) is 24.8 Å². The molecule has 2 aromatic rings. The first-order valence-electron chi connectivity index (χ1n) is 8.03. The molecule has 0 fully saturated rings. The normalized spacial score (nSPS) is 12.7. The number of oxazole rings is 1. The number of benzene rings is 1. The van der Waals surface area contributed by atoms with Crippen LogP contribution in [0.15, 0.2) is 34.9 Å². The molecule has 2 rings (SSSR count). The van der Waals surface area contributed by atoms with Crippen LogP contribution in [0.5, 0.6) is 0 Å². The van der Waals surface area contributed by atoms with Crippen LogP contribution >= 0.6 is 24.8 Å². The van der Waals surface area contributed by atoms with Crippen molar-refractivity contribution in [1.82, 2.24) is 10.3 Å². The van der Waals surface area contributed by atoms with E-state index in [2.05, 4.69) is 24.1 Å². The van der Waals surface area contributed by atoms with Crippen molar-refractivity contribution in [1.29, 1.82) is 0 Å². The smallest absolute Gasteiger partial charge is 0.226 e. The zero-order chi connectivity index (χ0) is 17.7. The van der Waals surface area contributed by atoms with E-state index in [4.69, 9.17) is 10.2 Å². The molecule has 1 atom stereocenters. The van der Waals surface area contributed by atoms with Gasteiger partial charge in [0, 0.05) is 17.6 Å². The maximum Gasteiger partial charge on any atom is 0.226 e. The van der Waals surface area contributed by atoms with E-state index in [9.17, 15) is 9.18 Å². The van der Waals surface area contributed by atoms with E-state index in [-0.39, 0.29) is 43.0 Å². The van der Waals surface area contributed by atoms with Crippen LogP contribution in [0.2, 0.25) is 0 Å². The van der Waals surface area contributed by atoms with Crippen molar-refractivity contribution in [2.75, 3.05) is 6.54 Å². The van der Waals surface area contributed by atoms with Crippen LogP contribution in [-0.2, 0) is 11.2 Å². The molecule has 0 aliphatic carbocycles. The second kappa shape index (κ2) is 10.5. The summed E-state index contributed by atoms with van der Waals surface area (Å²) in [4.78, 5) is 16.5. The van der Waals surface area contributed by atoms with Crippen LogP contribution in [0.3, 0.4) is 0 Å². The molecule has 1 heterocycles. The number of rotatable bonds is 7. The minimum atomic E-state index is -0.436. The number of nitrogens with two attached hydrogens (primary N) is 1. The van der Waals surface area contributed by atoms with Crippen LogP contribution in [-0.4, -0.2) is 23.0 Å². The van der Waals surface area contributed by atoms with Gasteiger partial charge in [-0.1, -0.05) is 13.8 Å². The second-order valence-corrected chi connectivity index (χ2v) is 6.74. The first-order chi connectivity index (χ1) is 11.3. The minimum absolute atomic E-state index is 0. The molecule has 0 aliphatic heterocycles. The van der Waals surface area contributed by atoms with Gasteiger partial charge in [-0.3, -0.25) is 4.79 Å². The predicted molar refractivity (Wildman–Crippen MR) is 105 cm³/mol. The molecule has 1 unspecified atom stereocenters. The third-order valence-electron chi connectivity index (χ3n) is 3.74. The summed E-state index contributed by atoms with van der Waals surface area (Å²) in [6.07, 6.45) is 2.35.